The molecule has 8 heteroatoms. The first-order valence-corrected chi connectivity index (χ1v) is 8.66. The van der Waals surface area contributed by atoms with Crippen LogP contribution in [0.3, 0.4) is 0 Å². The highest BCUT2D eigenvalue weighted by molar-refractivity contribution is 6.33. The van der Waals surface area contributed by atoms with Gasteiger partial charge in [-0.3, -0.25) is 14.8 Å². The number of pyridine rings is 1. The smallest absolute Gasteiger partial charge is 0.267 e. The van der Waals surface area contributed by atoms with Crippen molar-refractivity contribution in [2.75, 3.05) is 25.0 Å². The monoisotopic (exact) mass is 366 g/mol. The molecule has 0 bridgehead atoms. The number of rotatable bonds is 6. The first kappa shape index (κ1) is 19.2. The van der Waals surface area contributed by atoms with Crippen molar-refractivity contribution in [2.24, 2.45) is 5.92 Å². The zero-order chi connectivity index (χ0) is 18.2. The maximum Gasteiger partial charge on any atom is 0.267 e. The molecule has 1 aromatic heterocycles. The van der Waals surface area contributed by atoms with Crippen molar-refractivity contribution >= 4 is 35.3 Å². The quantitative estimate of drug-likeness (QED) is 0.408. The van der Waals surface area contributed by atoms with Crippen LogP contribution in [0.1, 0.15) is 31.7 Å². The van der Waals surface area contributed by atoms with Gasteiger partial charge in [-0.05, 0) is 36.5 Å². The molecule has 1 aliphatic heterocycles. The fraction of sp³-hybridized carbons (Fsp3) is 0.471. The average molecular weight is 367 g/mol. The number of hydroxylamine groups is 1. The molecule has 0 saturated carbocycles. The molecule has 1 saturated heterocycles. The Morgan fingerprint density at radius 1 is 1.44 bits per heavy atom. The number of anilines is 1. The van der Waals surface area contributed by atoms with Crippen LogP contribution in [0.2, 0.25) is 5.02 Å². The lowest BCUT2D eigenvalue weighted by Crippen LogP contribution is -2.38. The van der Waals surface area contributed by atoms with Gasteiger partial charge in [-0.2, -0.15) is 0 Å². The van der Waals surface area contributed by atoms with Crippen LogP contribution < -0.4 is 10.8 Å². The van der Waals surface area contributed by atoms with Crippen molar-refractivity contribution in [1.82, 2.24) is 15.4 Å². The van der Waals surface area contributed by atoms with E-state index in [9.17, 15) is 9.59 Å². The van der Waals surface area contributed by atoms with E-state index in [1.807, 2.05) is 4.90 Å². The van der Waals surface area contributed by atoms with Gasteiger partial charge in [0.2, 0.25) is 5.91 Å². The van der Waals surface area contributed by atoms with Gasteiger partial charge >= 0.3 is 0 Å². The molecule has 2 heterocycles. The summed E-state index contributed by atoms with van der Waals surface area (Å²) >= 11 is 6.15. The average Bonchev–Trinajstić information content (AvgIpc) is 2.61. The maximum atomic E-state index is 12.2. The van der Waals surface area contributed by atoms with Gasteiger partial charge in [0.15, 0.2) is 0 Å². The van der Waals surface area contributed by atoms with Crippen molar-refractivity contribution in [2.45, 2.75) is 26.2 Å². The summed E-state index contributed by atoms with van der Waals surface area (Å²) in [4.78, 5) is 29.2. The second kappa shape index (κ2) is 9.39. The van der Waals surface area contributed by atoms with Crippen molar-refractivity contribution in [3.8, 4) is 0 Å². The number of likely N-dealkylation sites (tertiary alicyclic amines) is 1. The minimum absolute atomic E-state index is 0.144. The van der Waals surface area contributed by atoms with E-state index < -0.39 is 5.91 Å². The highest BCUT2D eigenvalue weighted by Crippen LogP contribution is 2.21. The van der Waals surface area contributed by atoms with Gasteiger partial charge < -0.3 is 10.2 Å². The molecule has 1 fully saturated rings. The van der Waals surface area contributed by atoms with E-state index in [4.69, 9.17) is 16.8 Å². The molecule has 2 rings (SSSR count). The number of hydrogen-bond acceptors (Lipinski definition) is 5. The summed E-state index contributed by atoms with van der Waals surface area (Å²) in [7, 11) is 0. The first-order valence-electron chi connectivity index (χ1n) is 8.29. The van der Waals surface area contributed by atoms with E-state index in [0.29, 0.717) is 35.3 Å². The van der Waals surface area contributed by atoms with Gasteiger partial charge in [-0.15, -0.1) is 0 Å². The largest absolute Gasteiger partial charge is 0.368 e. The zero-order valence-corrected chi connectivity index (χ0v) is 14.9. The summed E-state index contributed by atoms with van der Waals surface area (Å²) in [6.45, 7) is 4.34. The number of hydrogen-bond donors (Lipinski definition) is 3. The van der Waals surface area contributed by atoms with E-state index in [2.05, 4.69) is 17.2 Å². The Hall–Kier alpha value is -2.12. The third kappa shape index (κ3) is 6.03. The van der Waals surface area contributed by atoms with E-state index in [-0.39, 0.29) is 5.91 Å². The van der Waals surface area contributed by atoms with Crippen molar-refractivity contribution in [3.05, 3.63) is 28.9 Å². The second-order valence-corrected chi connectivity index (χ2v) is 6.56. The Bertz CT molecular complexity index is 643. The van der Waals surface area contributed by atoms with E-state index in [1.54, 1.807) is 12.3 Å². The van der Waals surface area contributed by atoms with Crippen LogP contribution >= 0.6 is 11.6 Å². The van der Waals surface area contributed by atoms with Gasteiger partial charge in [0, 0.05) is 38.3 Å². The molecule has 7 nitrogen and oxygen atoms in total. The molecule has 2 amide bonds. The molecule has 0 unspecified atom stereocenters. The number of amides is 2. The number of piperidine rings is 1. The molecular weight excluding hydrogens is 344 g/mol. The molecule has 0 radical (unpaired) electrons. The highest BCUT2D eigenvalue weighted by Gasteiger charge is 2.19. The minimum Gasteiger partial charge on any atom is -0.368 e. The van der Waals surface area contributed by atoms with Crippen molar-refractivity contribution in [3.63, 3.8) is 0 Å². The SMILES string of the molecule is CC1CCN(C(=O)CCNc2ncc(C=CC(=O)NO)cc2Cl)CC1. The van der Waals surface area contributed by atoms with Crippen LogP contribution in [-0.4, -0.2) is 46.5 Å². The number of nitrogens with zero attached hydrogens (tertiary/aromatic N) is 2. The fourth-order valence-electron chi connectivity index (χ4n) is 2.59. The van der Waals surface area contributed by atoms with Crippen LogP contribution in [0, 0.1) is 5.92 Å². The summed E-state index contributed by atoms with van der Waals surface area (Å²) in [5, 5.41) is 11.9. The van der Waals surface area contributed by atoms with Gasteiger partial charge in [0.05, 0.1) is 5.02 Å². The number of halogens is 1. The summed E-state index contributed by atoms with van der Waals surface area (Å²) in [5.41, 5.74) is 2.12. The molecule has 25 heavy (non-hydrogen) atoms. The Labute approximate surface area is 152 Å². The Balaban J connectivity index is 1.81. The van der Waals surface area contributed by atoms with Gasteiger partial charge in [0.1, 0.15) is 5.82 Å². The van der Waals surface area contributed by atoms with Gasteiger partial charge in [0.25, 0.3) is 5.91 Å². The molecule has 0 aromatic carbocycles. The van der Waals surface area contributed by atoms with Gasteiger partial charge in [-0.1, -0.05) is 18.5 Å². The van der Waals surface area contributed by atoms with E-state index >= 15 is 0 Å². The topological polar surface area (TPSA) is 94.6 Å². The van der Waals surface area contributed by atoms with Crippen LogP contribution in [0.4, 0.5) is 5.82 Å². The second-order valence-electron chi connectivity index (χ2n) is 6.15. The molecule has 0 atom stereocenters. The predicted molar refractivity (Wildman–Crippen MR) is 96.3 cm³/mol. The Kier molecular flexibility index (Phi) is 7.21. The lowest BCUT2D eigenvalue weighted by molar-refractivity contribution is -0.132. The standard InChI is InChI=1S/C17H23ClN4O3/c1-12-5-8-22(9-6-12)16(24)4-7-19-17-14(18)10-13(11-20-17)2-3-15(23)21-25/h2-3,10-12,25H,4-9H2,1H3,(H,19,20)(H,21,23). The van der Waals surface area contributed by atoms with Crippen molar-refractivity contribution < 1.29 is 14.8 Å². The third-order valence-corrected chi connectivity index (χ3v) is 4.46. The lowest BCUT2D eigenvalue weighted by Gasteiger charge is -2.30. The molecule has 0 spiro atoms. The molecule has 0 aliphatic carbocycles. The lowest BCUT2D eigenvalue weighted by atomic mass is 9.99. The van der Waals surface area contributed by atoms with Crippen molar-refractivity contribution in [1.29, 1.82) is 0 Å². The molecule has 1 aromatic rings. The molecule has 3 N–H and O–H groups in total. The summed E-state index contributed by atoms with van der Waals surface area (Å²) in [6, 6.07) is 1.64. The van der Waals surface area contributed by atoms with Crippen LogP contribution in [0.25, 0.3) is 6.08 Å². The summed E-state index contributed by atoms with van der Waals surface area (Å²) < 4.78 is 0. The summed E-state index contributed by atoms with van der Waals surface area (Å²) in [5.74, 6) is 0.695. The Morgan fingerprint density at radius 3 is 2.80 bits per heavy atom. The van der Waals surface area contributed by atoms with Crippen LogP contribution in [0.5, 0.6) is 0 Å². The highest BCUT2D eigenvalue weighted by atomic mass is 35.5. The normalized spacial score (nSPS) is 15.4. The van der Waals surface area contributed by atoms with E-state index in [0.717, 1.165) is 25.9 Å². The van der Waals surface area contributed by atoms with Gasteiger partial charge in [-0.25, -0.2) is 10.5 Å². The number of carbonyl (C=O) groups is 2. The molecular formula is C17H23ClN4O3. The molecule has 136 valence electrons. The van der Waals surface area contributed by atoms with Crippen LogP contribution in [0.15, 0.2) is 18.3 Å². The number of nitrogens with one attached hydrogen (secondary N) is 2. The fourth-order valence-corrected chi connectivity index (χ4v) is 2.83. The Morgan fingerprint density at radius 2 is 2.16 bits per heavy atom. The maximum absolute atomic E-state index is 12.2. The third-order valence-electron chi connectivity index (χ3n) is 4.17. The van der Waals surface area contributed by atoms with Crippen LogP contribution in [-0.2, 0) is 9.59 Å². The predicted octanol–water partition coefficient (Wildman–Crippen LogP) is 2.31. The minimum atomic E-state index is -0.635. The number of aromatic nitrogens is 1. The first-order chi connectivity index (χ1) is 12.0. The zero-order valence-electron chi connectivity index (χ0n) is 14.2. The van der Waals surface area contributed by atoms with E-state index in [1.165, 1.54) is 17.6 Å². The molecule has 1 aliphatic rings. The number of carbonyl (C=O) groups excluding carboxylic acids is 2. The summed E-state index contributed by atoms with van der Waals surface area (Å²) in [6.07, 6.45) is 6.72.